The Labute approximate surface area is 145 Å². The molecular formula is C19H28N4O. The summed E-state index contributed by atoms with van der Waals surface area (Å²) in [6, 6.07) is 10.1. The molecule has 0 bridgehead atoms. The van der Waals surface area contributed by atoms with Crippen LogP contribution in [0.4, 0.5) is 5.69 Å². The van der Waals surface area contributed by atoms with E-state index in [1.165, 1.54) is 5.69 Å². The van der Waals surface area contributed by atoms with E-state index >= 15 is 0 Å². The first-order valence-corrected chi connectivity index (χ1v) is 8.86. The van der Waals surface area contributed by atoms with Gasteiger partial charge in [0, 0.05) is 44.0 Å². The van der Waals surface area contributed by atoms with Gasteiger partial charge in [-0.15, -0.1) is 0 Å². The molecule has 24 heavy (non-hydrogen) atoms. The molecule has 5 nitrogen and oxygen atoms in total. The number of piperidine rings is 1. The van der Waals surface area contributed by atoms with Crippen LogP contribution in [-0.4, -0.2) is 75.4 Å². The standard InChI is InChI=1S/C19H28N4O/c1-21(2)11-12-23-13-14-24-16-19(23)7-9-22(10-8-19)18-5-3-17(15-20)4-6-18/h3-6H,7-14,16H2,1-2H3. The maximum absolute atomic E-state index is 8.94. The van der Waals surface area contributed by atoms with E-state index < -0.39 is 0 Å². The zero-order valence-corrected chi connectivity index (χ0v) is 14.9. The van der Waals surface area contributed by atoms with Crippen molar-refractivity contribution < 1.29 is 4.74 Å². The highest BCUT2D eigenvalue weighted by molar-refractivity contribution is 5.50. The Hall–Kier alpha value is -1.61. The summed E-state index contributed by atoms with van der Waals surface area (Å²) in [5.74, 6) is 0. The average molecular weight is 328 g/mol. The van der Waals surface area contributed by atoms with E-state index in [1.54, 1.807) is 0 Å². The summed E-state index contributed by atoms with van der Waals surface area (Å²) in [4.78, 5) is 7.35. The van der Waals surface area contributed by atoms with Gasteiger partial charge in [0.25, 0.3) is 0 Å². The van der Waals surface area contributed by atoms with Gasteiger partial charge in [-0.05, 0) is 51.2 Å². The van der Waals surface area contributed by atoms with Crippen LogP contribution in [0, 0.1) is 11.3 Å². The first kappa shape index (κ1) is 17.2. The van der Waals surface area contributed by atoms with E-state index in [4.69, 9.17) is 10.00 Å². The second-order valence-corrected chi connectivity index (χ2v) is 7.21. The number of rotatable bonds is 4. The number of hydrogen-bond acceptors (Lipinski definition) is 5. The van der Waals surface area contributed by atoms with Gasteiger partial charge in [-0.2, -0.15) is 5.26 Å². The van der Waals surface area contributed by atoms with Crippen LogP contribution >= 0.6 is 0 Å². The first-order chi connectivity index (χ1) is 11.6. The maximum Gasteiger partial charge on any atom is 0.0991 e. The smallest absolute Gasteiger partial charge is 0.0991 e. The van der Waals surface area contributed by atoms with Crippen molar-refractivity contribution in [1.82, 2.24) is 9.80 Å². The number of hydrogen-bond donors (Lipinski definition) is 0. The summed E-state index contributed by atoms with van der Waals surface area (Å²) < 4.78 is 5.86. The Morgan fingerprint density at radius 1 is 1.17 bits per heavy atom. The molecule has 0 saturated carbocycles. The summed E-state index contributed by atoms with van der Waals surface area (Å²) in [6.07, 6.45) is 2.28. The number of benzene rings is 1. The Morgan fingerprint density at radius 2 is 1.88 bits per heavy atom. The minimum atomic E-state index is 0.206. The highest BCUT2D eigenvalue weighted by Gasteiger charge is 2.41. The lowest BCUT2D eigenvalue weighted by Gasteiger charge is -2.51. The fourth-order valence-corrected chi connectivity index (χ4v) is 3.82. The second-order valence-electron chi connectivity index (χ2n) is 7.21. The van der Waals surface area contributed by atoms with Gasteiger partial charge in [0.2, 0.25) is 0 Å². The van der Waals surface area contributed by atoms with Crippen molar-refractivity contribution in [3.63, 3.8) is 0 Å². The molecule has 2 fully saturated rings. The molecule has 0 aromatic heterocycles. The van der Waals surface area contributed by atoms with E-state index in [2.05, 4.69) is 47.0 Å². The fraction of sp³-hybridized carbons (Fsp3) is 0.632. The molecular weight excluding hydrogens is 300 g/mol. The third kappa shape index (κ3) is 3.72. The van der Waals surface area contributed by atoms with E-state index in [1.807, 2.05) is 12.1 Å². The predicted molar refractivity (Wildman–Crippen MR) is 96.3 cm³/mol. The molecule has 1 spiro atoms. The van der Waals surface area contributed by atoms with Gasteiger partial charge in [0.1, 0.15) is 0 Å². The monoisotopic (exact) mass is 328 g/mol. The van der Waals surface area contributed by atoms with Gasteiger partial charge in [-0.3, -0.25) is 4.90 Å². The van der Waals surface area contributed by atoms with Crippen LogP contribution in [0.15, 0.2) is 24.3 Å². The molecule has 0 N–H and O–H groups in total. The SMILES string of the molecule is CN(C)CCN1CCOCC12CCN(c1ccc(C#N)cc1)CC2. The number of morpholine rings is 1. The first-order valence-electron chi connectivity index (χ1n) is 8.86. The lowest BCUT2D eigenvalue weighted by Crippen LogP contribution is -2.62. The van der Waals surface area contributed by atoms with Gasteiger partial charge in [-0.1, -0.05) is 0 Å². The number of nitrogens with zero attached hydrogens (tertiary/aromatic N) is 4. The molecule has 2 saturated heterocycles. The normalized spacial score (nSPS) is 21.2. The van der Waals surface area contributed by atoms with Crippen molar-refractivity contribution in [3.8, 4) is 6.07 Å². The molecule has 3 rings (SSSR count). The van der Waals surface area contributed by atoms with Crippen LogP contribution in [0.3, 0.4) is 0 Å². The number of anilines is 1. The zero-order valence-electron chi connectivity index (χ0n) is 14.9. The van der Waals surface area contributed by atoms with E-state index in [0.29, 0.717) is 0 Å². The minimum absolute atomic E-state index is 0.206. The molecule has 0 aliphatic carbocycles. The van der Waals surface area contributed by atoms with Gasteiger partial charge in [0.05, 0.1) is 24.8 Å². The molecule has 0 atom stereocenters. The Balaban J connectivity index is 1.64. The highest BCUT2D eigenvalue weighted by atomic mass is 16.5. The van der Waals surface area contributed by atoms with Crippen molar-refractivity contribution in [3.05, 3.63) is 29.8 Å². The van der Waals surface area contributed by atoms with Crippen LogP contribution in [0.25, 0.3) is 0 Å². The van der Waals surface area contributed by atoms with Crippen LogP contribution in [0.2, 0.25) is 0 Å². The highest BCUT2D eigenvalue weighted by Crippen LogP contribution is 2.33. The second kappa shape index (κ2) is 7.52. The third-order valence-corrected chi connectivity index (χ3v) is 5.42. The minimum Gasteiger partial charge on any atom is -0.378 e. The van der Waals surface area contributed by atoms with Crippen molar-refractivity contribution in [1.29, 1.82) is 5.26 Å². The van der Waals surface area contributed by atoms with Crippen LogP contribution < -0.4 is 4.90 Å². The van der Waals surface area contributed by atoms with Crippen molar-refractivity contribution >= 4 is 5.69 Å². The summed E-state index contributed by atoms with van der Waals surface area (Å²) in [5, 5.41) is 8.94. The molecule has 1 aromatic rings. The van der Waals surface area contributed by atoms with Gasteiger partial charge >= 0.3 is 0 Å². The van der Waals surface area contributed by atoms with Gasteiger partial charge < -0.3 is 14.5 Å². The van der Waals surface area contributed by atoms with Crippen LogP contribution in [-0.2, 0) is 4.74 Å². The van der Waals surface area contributed by atoms with E-state index in [9.17, 15) is 0 Å². The largest absolute Gasteiger partial charge is 0.378 e. The lowest BCUT2D eigenvalue weighted by molar-refractivity contribution is -0.0811. The molecule has 2 aliphatic heterocycles. The maximum atomic E-state index is 8.94. The Kier molecular flexibility index (Phi) is 5.40. The van der Waals surface area contributed by atoms with Crippen LogP contribution in [0.5, 0.6) is 0 Å². The number of likely N-dealkylation sites (N-methyl/N-ethyl adjacent to an activating group) is 1. The topological polar surface area (TPSA) is 42.7 Å². The van der Waals surface area contributed by atoms with Crippen LogP contribution in [0.1, 0.15) is 18.4 Å². The summed E-state index contributed by atoms with van der Waals surface area (Å²) >= 11 is 0. The number of nitriles is 1. The van der Waals surface area contributed by atoms with Crippen molar-refractivity contribution in [2.75, 3.05) is 64.9 Å². The molecule has 5 heteroatoms. The van der Waals surface area contributed by atoms with Crippen molar-refractivity contribution in [2.45, 2.75) is 18.4 Å². The molecule has 130 valence electrons. The number of ether oxygens (including phenoxy) is 1. The summed E-state index contributed by atoms with van der Waals surface area (Å²) in [6.45, 7) is 7.08. The molecule has 2 heterocycles. The fourth-order valence-electron chi connectivity index (χ4n) is 3.82. The summed E-state index contributed by atoms with van der Waals surface area (Å²) in [5.41, 5.74) is 2.15. The van der Waals surface area contributed by atoms with Crippen molar-refractivity contribution in [2.24, 2.45) is 0 Å². The molecule has 0 unspecified atom stereocenters. The lowest BCUT2D eigenvalue weighted by atomic mass is 9.85. The third-order valence-electron chi connectivity index (χ3n) is 5.42. The van der Waals surface area contributed by atoms with E-state index in [-0.39, 0.29) is 5.54 Å². The Bertz CT molecular complexity index is 570. The molecule has 1 aromatic carbocycles. The molecule has 0 amide bonds. The zero-order chi connectivity index (χ0) is 17.0. The average Bonchev–Trinajstić information content (AvgIpc) is 2.62. The Morgan fingerprint density at radius 3 is 2.50 bits per heavy atom. The van der Waals surface area contributed by atoms with Gasteiger partial charge in [0.15, 0.2) is 0 Å². The predicted octanol–water partition coefficient (Wildman–Crippen LogP) is 1.79. The summed E-state index contributed by atoms with van der Waals surface area (Å²) in [7, 11) is 4.28. The quantitative estimate of drug-likeness (QED) is 0.843. The van der Waals surface area contributed by atoms with E-state index in [0.717, 1.165) is 64.3 Å². The molecule has 2 aliphatic rings. The van der Waals surface area contributed by atoms with Gasteiger partial charge in [-0.25, -0.2) is 0 Å². The molecule has 0 radical (unpaired) electrons.